The highest BCUT2D eigenvalue weighted by Crippen LogP contribution is 2.33. The molecule has 0 fully saturated rings. The Bertz CT molecular complexity index is 655. The van der Waals surface area contributed by atoms with E-state index in [0.29, 0.717) is 22.3 Å². The number of rotatable bonds is 4. The van der Waals surface area contributed by atoms with Gasteiger partial charge in [0.2, 0.25) is 0 Å². The number of thiocarbonyl (C=S) groups is 1. The van der Waals surface area contributed by atoms with Gasteiger partial charge in [0, 0.05) is 5.02 Å². The Morgan fingerprint density at radius 2 is 2.25 bits per heavy atom. The molecule has 0 saturated heterocycles. The zero-order chi connectivity index (χ0) is 14.5. The molecule has 0 radical (unpaired) electrons. The first-order valence-electron chi connectivity index (χ1n) is 5.62. The minimum absolute atomic E-state index is 0.0875. The Morgan fingerprint density at radius 1 is 1.45 bits per heavy atom. The van der Waals surface area contributed by atoms with Gasteiger partial charge >= 0.3 is 0 Å². The summed E-state index contributed by atoms with van der Waals surface area (Å²) in [6.07, 6.45) is 1.47. The van der Waals surface area contributed by atoms with Crippen LogP contribution in [-0.4, -0.2) is 18.4 Å². The summed E-state index contributed by atoms with van der Waals surface area (Å²) in [7, 11) is 1.59. The summed E-state index contributed by atoms with van der Waals surface area (Å²) in [6.45, 7) is 0. The molecule has 0 unspecified atom stereocenters. The first-order chi connectivity index (χ1) is 9.60. The molecule has 3 N–H and O–H groups in total. The molecular weight excluding hydrogens is 298 g/mol. The van der Waals surface area contributed by atoms with E-state index in [9.17, 15) is 0 Å². The van der Waals surface area contributed by atoms with E-state index in [1.807, 2.05) is 0 Å². The molecule has 0 aliphatic heterocycles. The fraction of sp³-hybridized carbons (Fsp3) is 0.0769. The summed E-state index contributed by atoms with van der Waals surface area (Å²) in [6, 6.07) is 8.87. The van der Waals surface area contributed by atoms with E-state index < -0.39 is 0 Å². The number of hydrogen-bond donors (Lipinski definition) is 2. The number of benzene rings is 1. The third kappa shape index (κ3) is 3.49. The monoisotopic (exact) mass is 309 g/mol. The van der Waals surface area contributed by atoms with Crippen molar-refractivity contribution in [2.45, 2.75) is 0 Å². The molecule has 7 heteroatoms. The van der Waals surface area contributed by atoms with Crippen LogP contribution in [0.15, 0.2) is 39.9 Å². The van der Waals surface area contributed by atoms with Crippen molar-refractivity contribution < 1.29 is 9.15 Å². The van der Waals surface area contributed by atoms with Crippen LogP contribution in [0.2, 0.25) is 5.02 Å². The van der Waals surface area contributed by atoms with Crippen LogP contribution in [0, 0.1) is 0 Å². The fourth-order valence-electron chi connectivity index (χ4n) is 1.60. The average Bonchev–Trinajstić information content (AvgIpc) is 2.87. The Labute approximate surface area is 126 Å². The SMILES string of the molecule is COc1ccc(Cl)cc1-c1ccc(C=NNC(N)=S)o1. The van der Waals surface area contributed by atoms with Crippen molar-refractivity contribution in [1.82, 2.24) is 5.43 Å². The van der Waals surface area contributed by atoms with E-state index >= 15 is 0 Å². The lowest BCUT2D eigenvalue weighted by Crippen LogP contribution is -2.23. The molecule has 0 bridgehead atoms. The number of hydrogen-bond acceptors (Lipinski definition) is 4. The lowest BCUT2D eigenvalue weighted by atomic mass is 10.1. The van der Waals surface area contributed by atoms with Crippen molar-refractivity contribution in [1.29, 1.82) is 0 Å². The predicted molar refractivity (Wildman–Crippen MR) is 83.2 cm³/mol. The largest absolute Gasteiger partial charge is 0.496 e. The van der Waals surface area contributed by atoms with Gasteiger partial charge in [-0.1, -0.05) is 11.6 Å². The van der Waals surface area contributed by atoms with E-state index in [1.165, 1.54) is 6.21 Å². The zero-order valence-electron chi connectivity index (χ0n) is 10.6. The van der Waals surface area contributed by atoms with E-state index in [-0.39, 0.29) is 5.11 Å². The maximum absolute atomic E-state index is 5.99. The molecule has 1 heterocycles. The molecule has 0 spiro atoms. The van der Waals surface area contributed by atoms with E-state index in [2.05, 4.69) is 22.7 Å². The number of nitrogens with zero attached hydrogens (tertiary/aromatic N) is 1. The standard InChI is InChI=1S/C13H12ClN3O2S/c1-18-11-4-2-8(14)6-10(11)12-5-3-9(19-12)7-16-17-13(15)20/h2-7H,1H3,(H3,15,17,20). The molecule has 20 heavy (non-hydrogen) atoms. The van der Waals surface area contributed by atoms with Crippen molar-refractivity contribution in [3.63, 3.8) is 0 Å². The lowest BCUT2D eigenvalue weighted by Gasteiger charge is -2.06. The molecule has 2 aromatic rings. The van der Waals surface area contributed by atoms with E-state index in [4.69, 9.17) is 26.5 Å². The van der Waals surface area contributed by atoms with Gasteiger partial charge in [0.15, 0.2) is 5.11 Å². The van der Waals surface area contributed by atoms with Crippen LogP contribution in [0.3, 0.4) is 0 Å². The highest BCUT2D eigenvalue weighted by Gasteiger charge is 2.10. The molecule has 5 nitrogen and oxygen atoms in total. The molecule has 0 saturated carbocycles. The molecule has 0 aliphatic rings. The van der Waals surface area contributed by atoms with Crippen LogP contribution in [0.25, 0.3) is 11.3 Å². The number of ether oxygens (including phenoxy) is 1. The lowest BCUT2D eigenvalue weighted by molar-refractivity contribution is 0.414. The second kappa shape index (κ2) is 6.40. The van der Waals surface area contributed by atoms with Crippen molar-refractivity contribution in [2.75, 3.05) is 7.11 Å². The van der Waals surface area contributed by atoms with Crippen molar-refractivity contribution >= 4 is 35.1 Å². The van der Waals surface area contributed by atoms with Gasteiger partial charge in [-0.25, -0.2) is 0 Å². The van der Waals surface area contributed by atoms with Crippen LogP contribution in [0.1, 0.15) is 5.76 Å². The number of hydrazone groups is 1. The summed E-state index contributed by atoms with van der Waals surface area (Å²) in [4.78, 5) is 0. The van der Waals surface area contributed by atoms with E-state index in [0.717, 1.165) is 5.56 Å². The molecule has 1 aromatic carbocycles. The third-order valence-electron chi connectivity index (χ3n) is 2.42. The molecule has 0 aliphatic carbocycles. The topological polar surface area (TPSA) is 72.8 Å². The van der Waals surface area contributed by atoms with Gasteiger partial charge in [-0.2, -0.15) is 5.10 Å². The molecule has 0 amide bonds. The zero-order valence-corrected chi connectivity index (χ0v) is 12.2. The highest BCUT2D eigenvalue weighted by atomic mass is 35.5. The maximum Gasteiger partial charge on any atom is 0.184 e. The Morgan fingerprint density at radius 3 is 2.95 bits per heavy atom. The summed E-state index contributed by atoms with van der Waals surface area (Å²) >= 11 is 10.6. The Kier molecular flexibility index (Phi) is 4.60. The van der Waals surface area contributed by atoms with Crippen LogP contribution < -0.4 is 15.9 Å². The van der Waals surface area contributed by atoms with Crippen LogP contribution in [0.4, 0.5) is 0 Å². The second-order valence-corrected chi connectivity index (χ2v) is 4.66. The summed E-state index contributed by atoms with van der Waals surface area (Å²) < 4.78 is 10.9. The Balaban J connectivity index is 2.26. The van der Waals surface area contributed by atoms with Gasteiger partial charge in [0.1, 0.15) is 17.3 Å². The van der Waals surface area contributed by atoms with Crippen LogP contribution >= 0.6 is 23.8 Å². The smallest absolute Gasteiger partial charge is 0.184 e. The predicted octanol–water partition coefficient (Wildman–Crippen LogP) is 2.78. The number of nitrogens with one attached hydrogen (secondary N) is 1. The highest BCUT2D eigenvalue weighted by molar-refractivity contribution is 7.80. The number of furan rings is 1. The van der Waals surface area contributed by atoms with Gasteiger partial charge in [-0.3, -0.25) is 5.43 Å². The molecule has 2 rings (SSSR count). The first kappa shape index (κ1) is 14.4. The second-order valence-electron chi connectivity index (χ2n) is 3.78. The van der Waals surface area contributed by atoms with Crippen molar-refractivity contribution in [2.24, 2.45) is 10.8 Å². The number of nitrogens with two attached hydrogens (primary N) is 1. The quantitative estimate of drug-likeness (QED) is 0.516. The summed E-state index contributed by atoms with van der Waals surface area (Å²) in [5, 5.41) is 4.50. The van der Waals surface area contributed by atoms with Crippen LogP contribution in [-0.2, 0) is 0 Å². The van der Waals surface area contributed by atoms with Crippen molar-refractivity contribution in [3.8, 4) is 17.1 Å². The fourth-order valence-corrected chi connectivity index (χ4v) is 1.82. The van der Waals surface area contributed by atoms with Gasteiger partial charge < -0.3 is 14.9 Å². The minimum Gasteiger partial charge on any atom is -0.496 e. The summed E-state index contributed by atoms with van der Waals surface area (Å²) in [5.41, 5.74) is 8.47. The van der Waals surface area contributed by atoms with Gasteiger partial charge in [0.05, 0.1) is 18.9 Å². The van der Waals surface area contributed by atoms with Gasteiger partial charge in [-0.05, 0) is 42.5 Å². The first-order valence-corrected chi connectivity index (χ1v) is 6.41. The molecule has 0 atom stereocenters. The number of methoxy groups -OCH3 is 1. The van der Waals surface area contributed by atoms with Gasteiger partial charge in [-0.15, -0.1) is 0 Å². The maximum atomic E-state index is 5.99. The third-order valence-corrected chi connectivity index (χ3v) is 2.75. The molecular formula is C13H12ClN3O2S. The Hall–Kier alpha value is -2.05. The van der Waals surface area contributed by atoms with Crippen LogP contribution in [0.5, 0.6) is 5.75 Å². The normalized spacial score (nSPS) is 10.7. The van der Waals surface area contributed by atoms with Gasteiger partial charge in [0.25, 0.3) is 0 Å². The average molecular weight is 310 g/mol. The minimum atomic E-state index is 0.0875. The molecule has 1 aromatic heterocycles. The van der Waals surface area contributed by atoms with Crippen molar-refractivity contribution in [3.05, 3.63) is 41.1 Å². The molecule has 104 valence electrons. The number of halogens is 1. The summed E-state index contributed by atoms with van der Waals surface area (Å²) in [5.74, 6) is 1.85. The van der Waals surface area contributed by atoms with E-state index in [1.54, 1.807) is 37.4 Å².